The molecule has 0 spiro atoms. The van der Waals surface area contributed by atoms with E-state index >= 15 is 0 Å². The Bertz CT molecular complexity index is 504. The molecule has 1 aromatic carbocycles. The summed E-state index contributed by atoms with van der Waals surface area (Å²) in [6.45, 7) is 4.21. The average molecular weight is 325 g/mol. The molecule has 0 aliphatic carbocycles. The SMILES string of the molecule is CCNC(=NCc1ccc(OC)c(F)c1)NCC1CCCS1. The quantitative estimate of drug-likeness (QED) is 0.624. The lowest BCUT2D eigenvalue weighted by molar-refractivity contribution is 0.386. The number of methoxy groups -OCH3 is 1. The number of thioether (sulfide) groups is 1. The molecule has 0 radical (unpaired) electrons. The van der Waals surface area contributed by atoms with Crippen LogP contribution in [0.2, 0.25) is 0 Å². The zero-order valence-corrected chi connectivity index (χ0v) is 14.0. The minimum Gasteiger partial charge on any atom is -0.494 e. The van der Waals surface area contributed by atoms with Crippen molar-refractivity contribution in [3.8, 4) is 5.75 Å². The highest BCUT2D eigenvalue weighted by Gasteiger charge is 2.15. The molecule has 1 atom stereocenters. The monoisotopic (exact) mass is 325 g/mol. The van der Waals surface area contributed by atoms with E-state index in [2.05, 4.69) is 15.6 Å². The first-order chi connectivity index (χ1) is 10.7. The summed E-state index contributed by atoms with van der Waals surface area (Å²) in [5.41, 5.74) is 0.825. The third kappa shape index (κ3) is 5.09. The maximum Gasteiger partial charge on any atom is 0.191 e. The molecule has 0 amide bonds. The molecule has 4 nitrogen and oxygen atoms in total. The van der Waals surface area contributed by atoms with Gasteiger partial charge in [0.15, 0.2) is 17.5 Å². The van der Waals surface area contributed by atoms with E-state index in [1.165, 1.54) is 31.8 Å². The van der Waals surface area contributed by atoms with Crippen LogP contribution in [0.3, 0.4) is 0 Å². The Balaban J connectivity index is 1.92. The van der Waals surface area contributed by atoms with E-state index in [4.69, 9.17) is 4.74 Å². The van der Waals surface area contributed by atoms with Gasteiger partial charge in [0.1, 0.15) is 0 Å². The zero-order valence-electron chi connectivity index (χ0n) is 13.2. The predicted octanol–water partition coefficient (Wildman–Crippen LogP) is 2.79. The van der Waals surface area contributed by atoms with Gasteiger partial charge < -0.3 is 15.4 Å². The van der Waals surface area contributed by atoms with Gasteiger partial charge in [-0.3, -0.25) is 0 Å². The minimum atomic E-state index is -0.351. The second kappa shape index (κ2) is 8.88. The molecule has 1 aromatic rings. The fourth-order valence-electron chi connectivity index (χ4n) is 2.34. The van der Waals surface area contributed by atoms with Gasteiger partial charge in [-0.25, -0.2) is 9.38 Å². The number of hydrogen-bond donors (Lipinski definition) is 2. The van der Waals surface area contributed by atoms with Gasteiger partial charge in [0, 0.05) is 18.3 Å². The predicted molar refractivity (Wildman–Crippen MR) is 91.3 cm³/mol. The lowest BCUT2D eigenvalue weighted by atomic mass is 10.2. The summed E-state index contributed by atoms with van der Waals surface area (Å²) < 4.78 is 18.6. The number of ether oxygens (including phenoxy) is 1. The van der Waals surface area contributed by atoms with Crippen LogP contribution < -0.4 is 15.4 Å². The average Bonchev–Trinajstić information content (AvgIpc) is 3.03. The van der Waals surface area contributed by atoms with Crippen molar-refractivity contribution < 1.29 is 9.13 Å². The van der Waals surface area contributed by atoms with Crippen molar-refractivity contribution in [1.82, 2.24) is 10.6 Å². The molecule has 1 heterocycles. The molecule has 0 aromatic heterocycles. The summed E-state index contributed by atoms with van der Waals surface area (Å²) >= 11 is 2.01. The summed E-state index contributed by atoms with van der Waals surface area (Å²) in [4.78, 5) is 4.52. The Labute approximate surface area is 135 Å². The Morgan fingerprint density at radius 3 is 2.95 bits per heavy atom. The Kier molecular flexibility index (Phi) is 6.83. The van der Waals surface area contributed by atoms with E-state index in [1.54, 1.807) is 6.07 Å². The largest absolute Gasteiger partial charge is 0.494 e. The van der Waals surface area contributed by atoms with E-state index in [0.717, 1.165) is 24.6 Å². The van der Waals surface area contributed by atoms with Gasteiger partial charge in [-0.05, 0) is 43.2 Å². The smallest absolute Gasteiger partial charge is 0.191 e. The Morgan fingerprint density at radius 1 is 1.45 bits per heavy atom. The van der Waals surface area contributed by atoms with Crippen molar-refractivity contribution in [1.29, 1.82) is 0 Å². The standard InChI is InChI=1S/C16H24FN3OS/c1-3-18-16(20-11-13-5-4-8-22-13)19-10-12-6-7-15(21-2)14(17)9-12/h6-7,9,13H,3-5,8,10-11H2,1-2H3,(H2,18,19,20). The molecule has 1 fully saturated rings. The second-order valence-electron chi connectivity index (χ2n) is 5.18. The Morgan fingerprint density at radius 2 is 2.32 bits per heavy atom. The van der Waals surface area contributed by atoms with Crippen molar-refractivity contribution in [2.45, 2.75) is 31.6 Å². The van der Waals surface area contributed by atoms with E-state index in [-0.39, 0.29) is 11.6 Å². The highest BCUT2D eigenvalue weighted by Crippen LogP contribution is 2.25. The molecular weight excluding hydrogens is 301 g/mol. The summed E-state index contributed by atoms with van der Waals surface area (Å²) in [7, 11) is 1.46. The lowest BCUT2D eigenvalue weighted by Crippen LogP contribution is -2.40. The van der Waals surface area contributed by atoms with Gasteiger partial charge in [-0.15, -0.1) is 0 Å². The van der Waals surface area contributed by atoms with Gasteiger partial charge in [-0.2, -0.15) is 11.8 Å². The summed E-state index contributed by atoms with van der Waals surface area (Å²) in [6.07, 6.45) is 2.57. The van der Waals surface area contributed by atoms with Crippen LogP contribution in [0, 0.1) is 5.82 Å². The zero-order chi connectivity index (χ0) is 15.8. The first-order valence-electron chi connectivity index (χ1n) is 7.69. The molecule has 2 rings (SSSR count). The maximum atomic E-state index is 13.7. The van der Waals surface area contributed by atoms with Crippen molar-refractivity contribution in [3.05, 3.63) is 29.6 Å². The number of benzene rings is 1. The van der Waals surface area contributed by atoms with E-state index < -0.39 is 0 Å². The summed E-state index contributed by atoms with van der Waals surface area (Å²) in [5.74, 6) is 1.95. The molecule has 1 aliphatic rings. The third-order valence-corrected chi connectivity index (χ3v) is 4.90. The van der Waals surface area contributed by atoms with Crippen LogP contribution in [0.25, 0.3) is 0 Å². The molecule has 0 saturated carbocycles. The van der Waals surface area contributed by atoms with Crippen LogP contribution in [0.1, 0.15) is 25.3 Å². The molecular formula is C16H24FN3OS. The van der Waals surface area contributed by atoms with Crippen molar-refractivity contribution in [2.24, 2.45) is 4.99 Å². The fraction of sp³-hybridized carbons (Fsp3) is 0.562. The maximum absolute atomic E-state index is 13.7. The number of hydrogen-bond acceptors (Lipinski definition) is 3. The topological polar surface area (TPSA) is 45.7 Å². The van der Waals surface area contributed by atoms with E-state index in [9.17, 15) is 4.39 Å². The van der Waals surface area contributed by atoms with Crippen LogP contribution >= 0.6 is 11.8 Å². The van der Waals surface area contributed by atoms with Crippen LogP contribution in [-0.4, -0.2) is 37.2 Å². The first-order valence-corrected chi connectivity index (χ1v) is 8.74. The highest BCUT2D eigenvalue weighted by molar-refractivity contribution is 8.00. The number of aliphatic imine (C=N–C) groups is 1. The number of rotatable bonds is 6. The molecule has 122 valence electrons. The van der Waals surface area contributed by atoms with Crippen LogP contribution in [0.5, 0.6) is 5.75 Å². The normalized spacial score (nSPS) is 18.3. The first kappa shape index (κ1) is 16.9. The molecule has 1 unspecified atom stereocenters. The molecule has 6 heteroatoms. The summed E-state index contributed by atoms with van der Waals surface area (Å²) in [6, 6.07) is 4.94. The number of nitrogens with zero attached hydrogens (tertiary/aromatic N) is 1. The number of guanidine groups is 1. The van der Waals surface area contributed by atoms with Crippen LogP contribution in [0.4, 0.5) is 4.39 Å². The van der Waals surface area contributed by atoms with Gasteiger partial charge >= 0.3 is 0 Å². The van der Waals surface area contributed by atoms with Gasteiger partial charge in [0.25, 0.3) is 0 Å². The fourth-order valence-corrected chi connectivity index (χ4v) is 3.54. The Hall–Kier alpha value is -1.43. The second-order valence-corrected chi connectivity index (χ2v) is 6.59. The molecule has 2 N–H and O–H groups in total. The van der Waals surface area contributed by atoms with E-state index in [1.807, 2.05) is 24.8 Å². The highest BCUT2D eigenvalue weighted by atomic mass is 32.2. The molecule has 1 saturated heterocycles. The molecule has 0 bridgehead atoms. The molecule has 1 aliphatic heterocycles. The van der Waals surface area contributed by atoms with Crippen molar-refractivity contribution in [2.75, 3.05) is 26.0 Å². The minimum absolute atomic E-state index is 0.260. The van der Waals surface area contributed by atoms with Gasteiger partial charge in [0.05, 0.1) is 13.7 Å². The third-order valence-electron chi connectivity index (χ3n) is 3.50. The van der Waals surface area contributed by atoms with Gasteiger partial charge in [0.2, 0.25) is 0 Å². The van der Waals surface area contributed by atoms with Crippen molar-refractivity contribution >= 4 is 17.7 Å². The lowest BCUT2D eigenvalue weighted by Gasteiger charge is -2.14. The van der Waals surface area contributed by atoms with Crippen LogP contribution in [-0.2, 0) is 6.54 Å². The number of halogens is 1. The summed E-state index contributed by atoms with van der Waals surface area (Å²) in [5, 5.41) is 7.26. The van der Waals surface area contributed by atoms with E-state index in [0.29, 0.717) is 11.8 Å². The van der Waals surface area contributed by atoms with Crippen molar-refractivity contribution in [3.63, 3.8) is 0 Å². The van der Waals surface area contributed by atoms with Crippen LogP contribution in [0.15, 0.2) is 23.2 Å². The number of nitrogens with one attached hydrogen (secondary N) is 2. The molecule has 22 heavy (non-hydrogen) atoms. The van der Waals surface area contributed by atoms with Gasteiger partial charge in [-0.1, -0.05) is 6.07 Å².